The minimum absolute atomic E-state index is 0.0875. The van der Waals surface area contributed by atoms with Gasteiger partial charge in [-0.3, -0.25) is 9.78 Å². The lowest BCUT2D eigenvalue weighted by Gasteiger charge is -2.20. The van der Waals surface area contributed by atoms with Gasteiger partial charge < -0.3 is 14.9 Å². The molecule has 1 N–H and O–H groups in total. The second-order valence-electron chi connectivity index (χ2n) is 4.80. The lowest BCUT2D eigenvalue weighted by molar-refractivity contribution is 0.0822. The zero-order valence-electron chi connectivity index (χ0n) is 12.0. The molecule has 0 saturated carbocycles. The van der Waals surface area contributed by atoms with Crippen molar-refractivity contribution in [2.24, 2.45) is 0 Å². The monoisotopic (exact) mass is 265 g/mol. The number of carbonyl (C=O) groups excluding carboxylic acids is 1. The minimum atomic E-state index is -0.0875. The number of nitrogens with zero attached hydrogens (tertiary/aromatic N) is 3. The number of hydrogen-bond acceptors (Lipinski definition) is 4. The molecular formula is C14H23N3O2. The quantitative estimate of drug-likeness (QED) is 0.757. The predicted octanol–water partition coefficient (Wildman–Crippen LogP) is 1.38. The summed E-state index contributed by atoms with van der Waals surface area (Å²) in [4.78, 5) is 19.6. The smallest absolute Gasteiger partial charge is 0.272 e. The Bertz CT molecular complexity index is 407. The molecule has 1 aromatic heterocycles. The van der Waals surface area contributed by atoms with Crippen LogP contribution in [0, 0.1) is 0 Å². The molecule has 0 fully saturated rings. The van der Waals surface area contributed by atoms with E-state index in [1.165, 1.54) is 4.90 Å². The first-order valence-corrected chi connectivity index (χ1v) is 6.56. The van der Waals surface area contributed by atoms with E-state index in [-0.39, 0.29) is 12.5 Å². The Kier molecular flexibility index (Phi) is 6.29. The Labute approximate surface area is 114 Å². The van der Waals surface area contributed by atoms with Crippen molar-refractivity contribution >= 4 is 11.6 Å². The van der Waals surface area contributed by atoms with Crippen LogP contribution in [0.5, 0.6) is 0 Å². The van der Waals surface area contributed by atoms with Gasteiger partial charge in [0.15, 0.2) is 0 Å². The number of pyridine rings is 1. The Morgan fingerprint density at radius 2 is 2.00 bits per heavy atom. The van der Waals surface area contributed by atoms with Gasteiger partial charge in [-0.05, 0) is 31.4 Å². The van der Waals surface area contributed by atoms with Crippen LogP contribution in [0.1, 0.15) is 29.8 Å². The lowest BCUT2D eigenvalue weighted by atomic mass is 10.2. The Hall–Kier alpha value is -1.62. The third-order valence-electron chi connectivity index (χ3n) is 2.96. The van der Waals surface area contributed by atoms with Gasteiger partial charge in [0.2, 0.25) is 0 Å². The number of aromatic nitrogens is 1. The van der Waals surface area contributed by atoms with Gasteiger partial charge in [0.1, 0.15) is 5.69 Å². The molecule has 106 valence electrons. The maximum atomic E-state index is 11.8. The van der Waals surface area contributed by atoms with Gasteiger partial charge in [0, 0.05) is 46.2 Å². The van der Waals surface area contributed by atoms with Crippen molar-refractivity contribution in [2.45, 2.75) is 19.3 Å². The number of rotatable bonds is 7. The third-order valence-corrected chi connectivity index (χ3v) is 2.96. The van der Waals surface area contributed by atoms with Gasteiger partial charge in [0.25, 0.3) is 5.91 Å². The molecule has 1 aromatic rings. The summed E-state index contributed by atoms with van der Waals surface area (Å²) in [5, 5.41) is 8.73. The molecule has 0 unspecified atom stereocenters. The molecular weight excluding hydrogens is 242 g/mol. The molecule has 19 heavy (non-hydrogen) atoms. The first kappa shape index (κ1) is 15.4. The molecule has 0 bridgehead atoms. The standard InChI is InChI=1S/C14H23N3O2/c1-16(2)14(19)13-11-12(7-8-15-13)17(3)9-5-4-6-10-18/h7-8,11,18H,4-6,9-10H2,1-3H3. The molecule has 5 nitrogen and oxygen atoms in total. The number of aliphatic hydroxyl groups is 1. The number of amides is 1. The lowest BCUT2D eigenvalue weighted by Crippen LogP contribution is -2.24. The van der Waals surface area contributed by atoms with Crippen LogP contribution < -0.4 is 4.90 Å². The van der Waals surface area contributed by atoms with Crippen molar-refractivity contribution in [2.75, 3.05) is 39.2 Å². The van der Waals surface area contributed by atoms with Crippen LogP contribution >= 0.6 is 0 Å². The molecule has 0 aliphatic carbocycles. The molecule has 1 amide bonds. The molecule has 1 rings (SSSR count). The first-order chi connectivity index (χ1) is 9.06. The molecule has 0 saturated heterocycles. The number of hydrogen-bond donors (Lipinski definition) is 1. The van der Waals surface area contributed by atoms with Crippen LogP contribution in [-0.4, -0.2) is 55.2 Å². The molecule has 0 aliphatic heterocycles. The Balaban J connectivity index is 2.62. The molecule has 0 radical (unpaired) electrons. The van der Waals surface area contributed by atoms with Gasteiger partial charge in [-0.1, -0.05) is 0 Å². The van der Waals surface area contributed by atoms with E-state index in [0.717, 1.165) is 31.5 Å². The van der Waals surface area contributed by atoms with Gasteiger partial charge in [-0.25, -0.2) is 0 Å². The Morgan fingerprint density at radius 3 is 2.63 bits per heavy atom. The van der Waals surface area contributed by atoms with E-state index in [1.807, 2.05) is 19.2 Å². The summed E-state index contributed by atoms with van der Waals surface area (Å²) in [6, 6.07) is 3.72. The van der Waals surface area contributed by atoms with Gasteiger partial charge in [0.05, 0.1) is 0 Å². The number of unbranched alkanes of at least 4 members (excludes halogenated alkanes) is 2. The van der Waals surface area contributed by atoms with Crippen LogP contribution in [-0.2, 0) is 0 Å². The summed E-state index contributed by atoms with van der Waals surface area (Å²) in [5.74, 6) is -0.0875. The fourth-order valence-electron chi connectivity index (χ4n) is 1.77. The zero-order chi connectivity index (χ0) is 14.3. The number of aliphatic hydroxyl groups excluding tert-OH is 1. The maximum Gasteiger partial charge on any atom is 0.272 e. The topological polar surface area (TPSA) is 56.7 Å². The summed E-state index contributed by atoms with van der Waals surface area (Å²) in [6.45, 7) is 1.15. The van der Waals surface area contributed by atoms with Gasteiger partial charge >= 0.3 is 0 Å². The summed E-state index contributed by atoms with van der Waals surface area (Å²) in [5.41, 5.74) is 1.45. The second-order valence-corrected chi connectivity index (χ2v) is 4.80. The van der Waals surface area contributed by atoms with E-state index >= 15 is 0 Å². The molecule has 5 heteroatoms. The SMILES string of the molecule is CN(C)C(=O)c1cc(N(C)CCCCCO)ccn1. The first-order valence-electron chi connectivity index (χ1n) is 6.56. The van der Waals surface area contributed by atoms with E-state index < -0.39 is 0 Å². The minimum Gasteiger partial charge on any atom is -0.396 e. The summed E-state index contributed by atoms with van der Waals surface area (Å²) in [7, 11) is 5.43. The van der Waals surface area contributed by atoms with Crippen LogP contribution in [0.2, 0.25) is 0 Å². The van der Waals surface area contributed by atoms with Crippen molar-refractivity contribution in [1.82, 2.24) is 9.88 Å². The highest BCUT2D eigenvalue weighted by Crippen LogP contribution is 2.14. The highest BCUT2D eigenvalue weighted by Gasteiger charge is 2.11. The molecule has 1 heterocycles. The van der Waals surface area contributed by atoms with Crippen molar-refractivity contribution in [3.63, 3.8) is 0 Å². The Morgan fingerprint density at radius 1 is 1.26 bits per heavy atom. The van der Waals surface area contributed by atoms with Gasteiger partial charge in [-0.15, -0.1) is 0 Å². The molecule has 0 aromatic carbocycles. The predicted molar refractivity (Wildman–Crippen MR) is 76.5 cm³/mol. The van der Waals surface area contributed by atoms with E-state index in [1.54, 1.807) is 20.3 Å². The highest BCUT2D eigenvalue weighted by molar-refractivity contribution is 5.92. The van der Waals surface area contributed by atoms with E-state index in [4.69, 9.17) is 5.11 Å². The zero-order valence-corrected chi connectivity index (χ0v) is 12.0. The van der Waals surface area contributed by atoms with Crippen LogP contribution in [0.3, 0.4) is 0 Å². The van der Waals surface area contributed by atoms with Crippen molar-refractivity contribution in [1.29, 1.82) is 0 Å². The summed E-state index contributed by atoms with van der Waals surface area (Å²) in [6.07, 6.45) is 4.54. The molecule has 0 spiro atoms. The van der Waals surface area contributed by atoms with Crippen LogP contribution in [0.15, 0.2) is 18.3 Å². The average molecular weight is 265 g/mol. The van der Waals surface area contributed by atoms with Crippen molar-refractivity contribution in [3.8, 4) is 0 Å². The largest absolute Gasteiger partial charge is 0.396 e. The normalized spacial score (nSPS) is 10.3. The highest BCUT2D eigenvalue weighted by atomic mass is 16.2. The maximum absolute atomic E-state index is 11.8. The summed E-state index contributed by atoms with van der Waals surface area (Å²) < 4.78 is 0. The fraction of sp³-hybridized carbons (Fsp3) is 0.571. The van der Waals surface area contributed by atoms with Crippen molar-refractivity contribution in [3.05, 3.63) is 24.0 Å². The molecule has 0 atom stereocenters. The van der Waals surface area contributed by atoms with Crippen LogP contribution in [0.4, 0.5) is 5.69 Å². The second kappa shape index (κ2) is 7.74. The third kappa shape index (κ3) is 4.87. The average Bonchev–Trinajstić information content (AvgIpc) is 2.42. The van der Waals surface area contributed by atoms with Crippen molar-refractivity contribution < 1.29 is 9.90 Å². The summed E-state index contributed by atoms with van der Waals surface area (Å²) >= 11 is 0. The van der Waals surface area contributed by atoms with Crippen LogP contribution in [0.25, 0.3) is 0 Å². The van der Waals surface area contributed by atoms with E-state index in [2.05, 4.69) is 9.88 Å². The van der Waals surface area contributed by atoms with Gasteiger partial charge in [-0.2, -0.15) is 0 Å². The van der Waals surface area contributed by atoms with E-state index in [9.17, 15) is 4.79 Å². The number of carbonyl (C=O) groups is 1. The number of anilines is 1. The molecule has 0 aliphatic rings. The fourth-order valence-corrected chi connectivity index (χ4v) is 1.77. The van der Waals surface area contributed by atoms with E-state index in [0.29, 0.717) is 5.69 Å².